The number of carboxylic acid groups (broad SMARTS) is 1. The summed E-state index contributed by atoms with van der Waals surface area (Å²) in [6, 6.07) is 0. The first-order valence-electron chi connectivity index (χ1n) is 4.01. The first kappa shape index (κ1) is 12.0. The van der Waals surface area contributed by atoms with Crippen molar-refractivity contribution in [1.29, 1.82) is 0 Å². The van der Waals surface area contributed by atoms with Gasteiger partial charge in [-0.25, -0.2) is 18.6 Å². The highest BCUT2D eigenvalue weighted by Crippen LogP contribution is 2.28. The Morgan fingerprint density at radius 3 is 2.56 bits per heavy atom. The van der Waals surface area contributed by atoms with Crippen LogP contribution < -0.4 is 0 Å². The Kier molecular flexibility index (Phi) is 3.11. The van der Waals surface area contributed by atoms with Crippen LogP contribution in [0.1, 0.15) is 28.0 Å². The summed E-state index contributed by atoms with van der Waals surface area (Å²) >= 11 is 0. The van der Waals surface area contributed by atoms with E-state index in [0.717, 1.165) is 6.92 Å². The number of hydrogen-bond donors (Lipinski definition) is 1. The van der Waals surface area contributed by atoms with Gasteiger partial charge in [0.15, 0.2) is 0 Å². The van der Waals surface area contributed by atoms with Crippen molar-refractivity contribution < 1.29 is 23.6 Å². The molecule has 0 aliphatic carbocycles. The lowest BCUT2D eigenvalue weighted by Gasteiger charge is -2.06. The number of carbonyl (C=O) groups is 1. The third kappa shape index (κ3) is 1.95. The minimum atomic E-state index is -2.97. The van der Waals surface area contributed by atoms with Gasteiger partial charge < -0.3 is 5.11 Å². The molecule has 1 aromatic heterocycles. The van der Waals surface area contributed by atoms with Crippen LogP contribution in [0.15, 0.2) is 6.20 Å². The number of pyridine rings is 1. The molecule has 0 unspecified atom stereocenters. The van der Waals surface area contributed by atoms with Gasteiger partial charge in [-0.3, -0.25) is 10.1 Å². The number of halogens is 2. The van der Waals surface area contributed by atoms with E-state index < -0.39 is 39.8 Å². The van der Waals surface area contributed by atoms with Crippen molar-refractivity contribution >= 4 is 11.7 Å². The van der Waals surface area contributed by atoms with E-state index in [4.69, 9.17) is 5.11 Å². The number of alkyl halides is 2. The molecule has 0 saturated heterocycles. The molecular formula is C8H6F2N2O4. The second-order valence-corrected chi connectivity index (χ2v) is 2.89. The van der Waals surface area contributed by atoms with Crippen molar-refractivity contribution in [3.8, 4) is 0 Å². The van der Waals surface area contributed by atoms with Gasteiger partial charge in [-0.2, -0.15) is 0 Å². The van der Waals surface area contributed by atoms with Crippen LogP contribution in [0, 0.1) is 17.0 Å². The zero-order valence-electron chi connectivity index (χ0n) is 7.98. The van der Waals surface area contributed by atoms with Crippen LogP contribution >= 0.6 is 0 Å². The maximum atomic E-state index is 12.4. The van der Waals surface area contributed by atoms with E-state index >= 15 is 0 Å². The summed E-state index contributed by atoms with van der Waals surface area (Å²) in [4.78, 5) is 23.4. The Morgan fingerprint density at radius 2 is 2.19 bits per heavy atom. The number of carboxylic acids is 1. The average Bonchev–Trinajstić information content (AvgIpc) is 2.15. The standard InChI is InChI=1S/C8H6F2N2O4/c1-3-5(8(13)14)4(12(15)16)2-11-6(3)7(9)10/h2,7H,1H3,(H,13,14). The molecule has 0 atom stereocenters. The number of aromatic carboxylic acids is 1. The summed E-state index contributed by atoms with van der Waals surface area (Å²) in [6.07, 6.45) is -2.45. The van der Waals surface area contributed by atoms with Crippen LogP contribution in [0.3, 0.4) is 0 Å². The minimum absolute atomic E-state index is 0.392. The lowest BCUT2D eigenvalue weighted by molar-refractivity contribution is -0.385. The monoisotopic (exact) mass is 232 g/mol. The molecule has 0 radical (unpaired) electrons. The molecule has 1 N–H and O–H groups in total. The third-order valence-corrected chi connectivity index (χ3v) is 1.96. The van der Waals surface area contributed by atoms with Crippen LogP contribution in [0.5, 0.6) is 0 Å². The van der Waals surface area contributed by atoms with Crippen molar-refractivity contribution in [2.45, 2.75) is 13.3 Å². The Morgan fingerprint density at radius 1 is 1.62 bits per heavy atom. The highest BCUT2D eigenvalue weighted by molar-refractivity contribution is 5.94. The summed E-state index contributed by atoms with van der Waals surface area (Å²) < 4.78 is 24.8. The topological polar surface area (TPSA) is 93.3 Å². The Bertz CT molecular complexity index is 462. The number of aromatic nitrogens is 1. The smallest absolute Gasteiger partial charge is 0.343 e. The summed E-state index contributed by atoms with van der Waals surface area (Å²) in [7, 11) is 0. The molecule has 16 heavy (non-hydrogen) atoms. The first-order valence-corrected chi connectivity index (χ1v) is 4.01. The normalized spacial score (nSPS) is 10.5. The van der Waals surface area contributed by atoms with Crippen LogP contribution in [-0.4, -0.2) is 21.0 Å². The molecule has 8 heteroatoms. The average molecular weight is 232 g/mol. The fourth-order valence-electron chi connectivity index (χ4n) is 1.24. The predicted molar refractivity (Wildman–Crippen MR) is 47.5 cm³/mol. The molecule has 0 amide bonds. The molecule has 1 rings (SSSR count). The van der Waals surface area contributed by atoms with E-state index in [-0.39, 0.29) is 0 Å². The molecule has 0 fully saturated rings. The zero-order chi connectivity index (χ0) is 12.5. The lowest BCUT2D eigenvalue weighted by Crippen LogP contribution is -2.09. The molecule has 86 valence electrons. The summed E-state index contributed by atoms with van der Waals surface area (Å²) in [5.74, 6) is -1.63. The summed E-state index contributed by atoms with van der Waals surface area (Å²) in [5, 5.41) is 19.2. The number of nitro groups is 1. The van der Waals surface area contributed by atoms with Gasteiger partial charge in [0, 0.05) is 0 Å². The second-order valence-electron chi connectivity index (χ2n) is 2.89. The fourth-order valence-corrected chi connectivity index (χ4v) is 1.24. The van der Waals surface area contributed by atoms with E-state index in [1.54, 1.807) is 0 Å². The quantitative estimate of drug-likeness (QED) is 0.634. The summed E-state index contributed by atoms with van der Waals surface area (Å²) in [6.45, 7) is 1.06. The fraction of sp³-hybridized carbons (Fsp3) is 0.250. The van der Waals surface area contributed by atoms with E-state index in [1.165, 1.54) is 0 Å². The SMILES string of the molecule is Cc1c(C(F)F)ncc([N+](=O)[O-])c1C(=O)O. The predicted octanol–water partition coefficient (Wildman–Crippen LogP) is 1.93. The maximum absolute atomic E-state index is 12.4. The molecule has 0 bridgehead atoms. The van der Waals surface area contributed by atoms with Gasteiger partial charge in [-0.05, 0) is 12.5 Å². The number of nitrogens with zero attached hydrogens (tertiary/aromatic N) is 2. The van der Waals surface area contributed by atoms with Crippen LogP contribution in [-0.2, 0) is 0 Å². The van der Waals surface area contributed by atoms with E-state index in [1.807, 2.05) is 0 Å². The second kappa shape index (κ2) is 4.17. The van der Waals surface area contributed by atoms with E-state index in [9.17, 15) is 23.7 Å². The maximum Gasteiger partial charge on any atom is 0.343 e. The Labute approximate surface area is 87.7 Å². The molecule has 0 aromatic carbocycles. The first-order chi connectivity index (χ1) is 7.36. The highest BCUT2D eigenvalue weighted by atomic mass is 19.3. The minimum Gasteiger partial charge on any atom is -0.477 e. The van der Waals surface area contributed by atoms with Crippen LogP contribution in [0.4, 0.5) is 14.5 Å². The van der Waals surface area contributed by atoms with Gasteiger partial charge in [0.2, 0.25) is 0 Å². The Balaban J connectivity index is 3.54. The molecule has 1 aromatic rings. The molecule has 0 aliphatic rings. The van der Waals surface area contributed by atoms with Gasteiger partial charge in [-0.1, -0.05) is 0 Å². The van der Waals surface area contributed by atoms with Crippen LogP contribution in [0.2, 0.25) is 0 Å². The zero-order valence-corrected chi connectivity index (χ0v) is 7.98. The van der Waals surface area contributed by atoms with E-state index in [0.29, 0.717) is 6.20 Å². The lowest BCUT2D eigenvalue weighted by atomic mass is 10.1. The van der Waals surface area contributed by atoms with Gasteiger partial charge >= 0.3 is 11.7 Å². The molecule has 6 nitrogen and oxygen atoms in total. The van der Waals surface area contributed by atoms with Gasteiger partial charge in [-0.15, -0.1) is 0 Å². The van der Waals surface area contributed by atoms with Gasteiger partial charge in [0.25, 0.3) is 6.43 Å². The number of rotatable bonds is 3. The van der Waals surface area contributed by atoms with Crippen molar-refractivity contribution in [3.63, 3.8) is 0 Å². The van der Waals surface area contributed by atoms with Gasteiger partial charge in [0.1, 0.15) is 17.5 Å². The highest BCUT2D eigenvalue weighted by Gasteiger charge is 2.27. The number of hydrogen-bond acceptors (Lipinski definition) is 4. The molecule has 0 saturated carbocycles. The molecule has 1 heterocycles. The van der Waals surface area contributed by atoms with Crippen molar-refractivity contribution in [1.82, 2.24) is 4.98 Å². The molecular weight excluding hydrogens is 226 g/mol. The van der Waals surface area contributed by atoms with Gasteiger partial charge in [0.05, 0.1) is 4.92 Å². The third-order valence-electron chi connectivity index (χ3n) is 1.96. The van der Waals surface area contributed by atoms with Crippen molar-refractivity contribution in [2.24, 2.45) is 0 Å². The van der Waals surface area contributed by atoms with Crippen LogP contribution in [0.25, 0.3) is 0 Å². The van der Waals surface area contributed by atoms with E-state index in [2.05, 4.69) is 4.98 Å². The van der Waals surface area contributed by atoms with Crippen molar-refractivity contribution in [3.05, 3.63) is 33.1 Å². The Hall–Kier alpha value is -2.12. The molecule has 0 aliphatic heterocycles. The van der Waals surface area contributed by atoms with Crippen molar-refractivity contribution in [2.75, 3.05) is 0 Å². The molecule has 0 spiro atoms. The largest absolute Gasteiger partial charge is 0.477 e. The summed E-state index contributed by atoms with van der Waals surface area (Å²) in [5.41, 5.74) is -2.70.